The molecule has 6 nitrogen and oxygen atoms in total. The zero-order valence-electron chi connectivity index (χ0n) is 16.4. The van der Waals surface area contributed by atoms with Crippen LogP contribution in [0.1, 0.15) is 12.5 Å². The van der Waals surface area contributed by atoms with Crippen LogP contribution in [-0.2, 0) is 15.1 Å². The molecule has 1 unspecified atom stereocenters. The highest BCUT2D eigenvalue weighted by molar-refractivity contribution is 5.90. The summed E-state index contributed by atoms with van der Waals surface area (Å²) >= 11 is 0. The Bertz CT molecular complexity index is 780. The standard InChI is InChI=1S/C21H26N4O2.2ClH/c1-21(22,17-8-4-2-5-9-17)20(27)23-16-19(26)25-14-12-24(13-15-25)18-10-6-3-7-11-18;;/h2-11H,12-16,22H2,1H3,(H,23,27);2*1H. The number of piperazine rings is 1. The topological polar surface area (TPSA) is 78.7 Å². The molecule has 2 amide bonds. The van der Waals surface area contributed by atoms with Crippen LogP contribution in [-0.4, -0.2) is 49.4 Å². The average Bonchev–Trinajstić information content (AvgIpc) is 2.73. The Labute approximate surface area is 184 Å². The highest BCUT2D eigenvalue weighted by Crippen LogP contribution is 2.18. The van der Waals surface area contributed by atoms with Crippen LogP contribution in [0.4, 0.5) is 5.69 Å². The first-order chi connectivity index (χ1) is 13.0. The first-order valence-corrected chi connectivity index (χ1v) is 9.19. The minimum atomic E-state index is -1.17. The number of rotatable bonds is 5. The van der Waals surface area contributed by atoms with E-state index in [0.29, 0.717) is 18.7 Å². The summed E-state index contributed by atoms with van der Waals surface area (Å²) in [6, 6.07) is 19.3. The number of para-hydroxylation sites is 1. The number of benzene rings is 2. The predicted octanol–water partition coefficient (Wildman–Crippen LogP) is 2.17. The van der Waals surface area contributed by atoms with Crippen molar-refractivity contribution < 1.29 is 9.59 Å². The van der Waals surface area contributed by atoms with Crippen LogP contribution in [0.15, 0.2) is 60.7 Å². The lowest BCUT2D eigenvalue weighted by Gasteiger charge is -2.36. The molecular formula is C21H28Cl2N4O2. The van der Waals surface area contributed by atoms with Gasteiger partial charge in [0.1, 0.15) is 5.54 Å². The molecule has 1 fully saturated rings. The zero-order chi connectivity index (χ0) is 19.3. The third kappa shape index (κ3) is 6.10. The largest absolute Gasteiger partial charge is 0.368 e. The van der Waals surface area contributed by atoms with E-state index in [1.54, 1.807) is 11.8 Å². The summed E-state index contributed by atoms with van der Waals surface area (Å²) in [5.74, 6) is -0.440. The lowest BCUT2D eigenvalue weighted by atomic mass is 9.92. The molecule has 0 aromatic heterocycles. The molecule has 1 aliphatic rings. The van der Waals surface area contributed by atoms with Crippen LogP contribution in [0.2, 0.25) is 0 Å². The summed E-state index contributed by atoms with van der Waals surface area (Å²) < 4.78 is 0. The highest BCUT2D eigenvalue weighted by atomic mass is 35.5. The SMILES string of the molecule is CC(N)(C(=O)NCC(=O)N1CCN(c2ccccc2)CC1)c1ccccc1.Cl.Cl. The first-order valence-electron chi connectivity index (χ1n) is 9.19. The van der Waals surface area contributed by atoms with Crippen molar-refractivity contribution in [3.8, 4) is 0 Å². The van der Waals surface area contributed by atoms with Crippen LogP contribution in [0, 0.1) is 0 Å². The minimum absolute atomic E-state index is 0. The van der Waals surface area contributed by atoms with E-state index in [0.717, 1.165) is 13.1 Å². The van der Waals surface area contributed by atoms with Gasteiger partial charge in [0.05, 0.1) is 6.54 Å². The van der Waals surface area contributed by atoms with Gasteiger partial charge in [0.25, 0.3) is 0 Å². The summed E-state index contributed by atoms with van der Waals surface area (Å²) in [7, 11) is 0. The van der Waals surface area contributed by atoms with Gasteiger partial charge in [-0.3, -0.25) is 9.59 Å². The minimum Gasteiger partial charge on any atom is -0.368 e. The number of nitrogens with zero attached hydrogens (tertiary/aromatic N) is 2. The molecule has 2 aromatic carbocycles. The summed E-state index contributed by atoms with van der Waals surface area (Å²) in [6.07, 6.45) is 0. The number of nitrogens with one attached hydrogen (secondary N) is 1. The lowest BCUT2D eigenvalue weighted by Crippen LogP contribution is -2.54. The van der Waals surface area contributed by atoms with Crippen molar-refractivity contribution in [3.63, 3.8) is 0 Å². The van der Waals surface area contributed by atoms with Gasteiger partial charge < -0.3 is 20.9 Å². The van der Waals surface area contributed by atoms with Crippen molar-refractivity contribution in [2.45, 2.75) is 12.5 Å². The van der Waals surface area contributed by atoms with Crippen LogP contribution in [0.25, 0.3) is 0 Å². The molecule has 0 aliphatic carbocycles. The monoisotopic (exact) mass is 438 g/mol. The second-order valence-corrected chi connectivity index (χ2v) is 6.95. The highest BCUT2D eigenvalue weighted by Gasteiger charge is 2.31. The lowest BCUT2D eigenvalue weighted by molar-refractivity contribution is -0.134. The number of carbonyl (C=O) groups excluding carboxylic acids is 2. The van der Waals surface area contributed by atoms with E-state index in [4.69, 9.17) is 5.73 Å². The van der Waals surface area contributed by atoms with Gasteiger partial charge in [0, 0.05) is 31.9 Å². The van der Waals surface area contributed by atoms with E-state index < -0.39 is 5.54 Å². The predicted molar refractivity (Wildman–Crippen MR) is 121 cm³/mol. The Balaban J connectivity index is 0.00000210. The molecule has 29 heavy (non-hydrogen) atoms. The molecule has 8 heteroatoms. The molecule has 1 saturated heterocycles. The van der Waals surface area contributed by atoms with E-state index >= 15 is 0 Å². The third-order valence-corrected chi connectivity index (χ3v) is 5.00. The van der Waals surface area contributed by atoms with E-state index in [-0.39, 0.29) is 43.2 Å². The molecular weight excluding hydrogens is 411 g/mol. The molecule has 1 heterocycles. The quantitative estimate of drug-likeness (QED) is 0.749. The van der Waals surface area contributed by atoms with Crippen LogP contribution in [0.3, 0.4) is 0 Å². The fourth-order valence-electron chi connectivity index (χ4n) is 3.22. The molecule has 3 rings (SSSR count). The molecule has 158 valence electrons. The van der Waals surface area contributed by atoms with Gasteiger partial charge in [-0.2, -0.15) is 0 Å². The normalized spacial score (nSPS) is 15.4. The van der Waals surface area contributed by atoms with Crippen molar-refractivity contribution in [3.05, 3.63) is 66.2 Å². The first kappa shape index (κ1) is 24.8. The molecule has 0 bridgehead atoms. The summed E-state index contributed by atoms with van der Waals surface area (Å²) in [4.78, 5) is 29.0. The van der Waals surface area contributed by atoms with Crippen LogP contribution < -0.4 is 16.0 Å². The van der Waals surface area contributed by atoms with Gasteiger partial charge in [-0.05, 0) is 24.6 Å². The summed E-state index contributed by atoms with van der Waals surface area (Å²) in [6.45, 7) is 4.46. The smallest absolute Gasteiger partial charge is 0.244 e. The van der Waals surface area contributed by atoms with E-state index in [1.165, 1.54) is 5.69 Å². The summed E-state index contributed by atoms with van der Waals surface area (Å²) in [5.41, 5.74) is 6.89. The Morgan fingerprint density at radius 3 is 2.00 bits per heavy atom. The van der Waals surface area contributed by atoms with E-state index in [1.807, 2.05) is 48.5 Å². The number of hydrogen-bond acceptors (Lipinski definition) is 4. The number of amides is 2. The zero-order valence-corrected chi connectivity index (χ0v) is 18.0. The molecule has 0 spiro atoms. The van der Waals surface area contributed by atoms with Gasteiger partial charge in [-0.1, -0.05) is 48.5 Å². The van der Waals surface area contributed by atoms with Crippen molar-refractivity contribution in [2.75, 3.05) is 37.6 Å². The molecule has 2 aromatic rings. The second kappa shape index (κ2) is 11.0. The molecule has 0 saturated carbocycles. The Hall–Kier alpha value is -2.28. The van der Waals surface area contributed by atoms with E-state index in [2.05, 4.69) is 22.3 Å². The molecule has 1 atom stereocenters. The maximum Gasteiger partial charge on any atom is 0.244 e. The van der Waals surface area contributed by atoms with Gasteiger partial charge in [-0.15, -0.1) is 24.8 Å². The third-order valence-electron chi connectivity index (χ3n) is 5.00. The molecule has 1 aliphatic heterocycles. The fraction of sp³-hybridized carbons (Fsp3) is 0.333. The fourth-order valence-corrected chi connectivity index (χ4v) is 3.22. The van der Waals surface area contributed by atoms with Gasteiger partial charge >= 0.3 is 0 Å². The van der Waals surface area contributed by atoms with Crippen molar-refractivity contribution >= 4 is 42.3 Å². The maximum absolute atomic E-state index is 12.5. The number of carbonyl (C=O) groups is 2. The van der Waals surface area contributed by atoms with Gasteiger partial charge in [-0.25, -0.2) is 0 Å². The number of halogens is 2. The van der Waals surface area contributed by atoms with Crippen molar-refractivity contribution in [1.29, 1.82) is 0 Å². The average molecular weight is 439 g/mol. The van der Waals surface area contributed by atoms with Gasteiger partial charge in [0.15, 0.2) is 0 Å². The number of nitrogens with two attached hydrogens (primary N) is 1. The number of hydrogen-bond donors (Lipinski definition) is 2. The van der Waals surface area contributed by atoms with Crippen molar-refractivity contribution in [1.82, 2.24) is 10.2 Å². The Morgan fingerprint density at radius 1 is 0.931 bits per heavy atom. The Kier molecular flexibility index (Phi) is 9.43. The Morgan fingerprint density at radius 2 is 1.45 bits per heavy atom. The van der Waals surface area contributed by atoms with E-state index in [9.17, 15) is 9.59 Å². The van der Waals surface area contributed by atoms with Crippen LogP contribution >= 0.6 is 24.8 Å². The van der Waals surface area contributed by atoms with Crippen LogP contribution in [0.5, 0.6) is 0 Å². The van der Waals surface area contributed by atoms with Gasteiger partial charge in [0.2, 0.25) is 11.8 Å². The second-order valence-electron chi connectivity index (χ2n) is 6.95. The number of anilines is 1. The van der Waals surface area contributed by atoms with Crippen molar-refractivity contribution in [2.24, 2.45) is 5.73 Å². The summed E-state index contributed by atoms with van der Waals surface area (Å²) in [5, 5.41) is 2.69. The maximum atomic E-state index is 12.5. The molecule has 0 radical (unpaired) electrons. The molecule has 3 N–H and O–H groups in total.